The second-order valence-corrected chi connectivity index (χ2v) is 6.75. The Bertz CT molecular complexity index is 1030. The van der Waals surface area contributed by atoms with Gasteiger partial charge < -0.3 is 10.2 Å². The Morgan fingerprint density at radius 2 is 1.62 bits per heavy atom. The van der Waals surface area contributed by atoms with Crippen molar-refractivity contribution in [3.63, 3.8) is 0 Å². The fourth-order valence-corrected chi connectivity index (χ4v) is 3.16. The fraction of sp³-hybridized carbons (Fsp3) is 0.250. The van der Waals surface area contributed by atoms with Crippen LogP contribution in [0.2, 0.25) is 0 Å². The van der Waals surface area contributed by atoms with Crippen LogP contribution in [0.5, 0.6) is 0 Å². The average molecular weight is 394 g/mol. The van der Waals surface area contributed by atoms with Crippen LogP contribution in [-0.2, 0) is 4.79 Å². The van der Waals surface area contributed by atoms with Crippen molar-refractivity contribution in [2.45, 2.75) is 0 Å². The number of fused-ring (bicyclic) bond motifs is 1. The summed E-state index contributed by atoms with van der Waals surface area (Å²) in [4.78, 5) is 32.8. The van der Waals surface area contributed by atoms with Crippen molar-refractivity contribution in [2.24, 2.45) is 0 Å². The summed E-state index contributed by atoms with van der Waals surface area (Å²) in [5, 5.41) is 10.7. The number of carbonyl (C=O) groups is 2. The third kappa shape index (κ3) is 4.52. The quantitative estimate of drug-likeness (QED) is 0.722. The normalized spacial score (nSPS) is 14.7. The molecule has 3 aromatic rings. The minimum absolute atomic E-state index is 0.0752. The molecule has 0 aliphatic carbocycles. The minimum atomic E-state index is -0.352. The number of para-hydroxylation sites is 1. The van der Waals surface area contributed by atoms with Gasteiger partial charge in [0, 0.05) is 31.9 Å². The average Bonchev–Trinajstić information content (AvgIpc) is 2.75. The van der Waals surface area contributed by atoms with Gasteiger partial charge in [-0.1, -0.05) is 12.1 Å². The predicted molar refractivity (Wildman–Crippen MR) is 105 cm³/mol. The molecule has 29 heavy (non-hydrogen) atoms. The molecule has 2 amide bonds. The number of amides is 2. The van der Waals surface area contributed by atoms with Crippen molar-refractivity contribution in [3.8, 4) is 0 Å². The number of nitrogens with one attached hydrogen (secondary N) is 1. The zero-order valence-corrected chi connectivity index (χ0v) is 15.6. The van der Waals surface area contributed by atoms with Crippen LogP contribution in [0, 0.1) is 5.82 Å². The molecule has 2 aromatic carbocycles. The molecule has 1 saturated heterocycles. The summed E-state index contributed by atoms with van der Waals surface area (Å²) in [6.45, 7) is 2.26. The Balaban J connectivity index is 1.30. The molecule has 8 nitrogen and oxygen atoms in total. The van der Waals surface area contributed by atoms with Crippen LogP contribution < -0.4 is 5.32 Å². The lowest BCUT2D eigenvalue weighted by Crippen LogP contribution is -2.50. The number of hydrogen-bond donors (Lipinski definition) is 1. The van der Waals surface area contributed by atoms with Crippen molar-refractivity contribution in [1.29, 1.82) is 0 Å². The molecule has 0 atom stereocenters. The number of carbonyl (C=O) groups excluding carboxylic acids is 2. The van der Waals surface area contributed by atoms with E-state index in [9.17, 15) is 14.0 Å². The van der Waals surface area contributed by atoms with E-state index in [2.05, 4.69) is 20.5 Å². The molecule has 4 rings (SSSR count). The van der Waals surface area contributed by atoms with E-state index in [1.165, 1.54) is 24.3 Å². The number of hydrogen-bond acceptors (Lipinski definition) is 6. The smallest absolute Gasteiger partial charge is 0.293 e. The number of aromatic nitrogens is 3. The number of piperazine rings is 1. The molecule has 0 unspecified atom stereocenters. The van der Waals surface area contributed by atoms with Crippen LogP contribution in [0.1, 0.15) is 10.6 Å². The standard InChI is InChI=1S/C20H19FN6O2/c21-14-5-7-15(8-6-14)22-18(28)13-26-9-11-27(12-10-26)20(29)19-23-16-3-1-2-4-17(16)24-25-19/h1-8H,9-13H2,(H,22,28). The Hall–Kier alpha value is -3.46. The van der Waals surface area contributed by atoms with E-state index < -0.39 is 0 Å². The van der Waals surface area contributed by atoms with E-state index in [-0.39, 0.29) is 30.0 Å². The summed E-state index contributed by atoms with van der Waals surface area (Å²) in [6.07, 6.45) is 0. The van der Waals surface area contributed by atoms with Gasteiger partial charge in [0.25, 0.3) is 5.91 Å². The third-order valence-corrected chi connectivity index (χ3v) is 4.71. The molecule has 2 heterocycles. The first-order chi connectivity index (χ1) is 14.1. The van der Waals surface area contributed by atoms with Gasteiger partial charge in [0.2, 0.25) is 11.7 Å². The minimum Gasteiger partial charge on any atom is -0.333 e. The Kier molecular flexibility index (Phi) is 5.39. The topological polar surface area (TPSA) is 91.3 Å². The zero-order chi connectivity index (χ0) is 20.2. The first-order valence-corrected chi connectivity index (χ1v) is 9.25. The van der Waals surface area contributed by atoms with E-state index in [0.29, 0.717) is 42.9 Å². The van der Waals surface area contributed by atoms with Gasteiger partial charge in [0.1, 0.15) is 11.3 Å². The molecule has 1 aromatic heterocycles. The second kappa shape index (κ2) is 8.27. The SMILES string of the molecule is O=C(CN1CCN(C(=O)c2nnc3ccccc3n2)CC1)Nc1ccc(F)cc1. The van der Waals surface area contributed by atoms with Gasteiger partial charge in [0.15, 0.2) is 0 Å². The molecular weight excluding hydrogens is 375 g/mol. The molecule has 1 aliphatic heterocycles. The predicted octanol–water partition coefficient (Wildman–Crippen LogP) is 1.56. The van der Waals surface area contributed by atoms with Crippen molar-refractivity contribution in [2.75, 3.05) is 38.0 Å². The summed E-state index contributed by atoms with van der Waals surface area (Å²) < 4.78 is 12.9. The maximum atomic E-state index is 12.9. The molecule has 1 fully saturated rings. The van der Waals surface area contributed by atoms with Crippen LogP contribution in [0.15, 0.2) is 48.5 Å². The molecule has 0 saturated carbocycles. The van der Waals surface area contributed by atoms with Crippen molar-refractivity contribution < 1.29 is 14.0 Å². The van der Waals surface area contributed by atoms with Crippen molar-refractivity contribution in [3.05, 3.63) is 60.2 Å². The maximum absolute atomic E-state index is 12.9. The van der Waals surface area contributed by atoms with Crippen molar-refractivity contribution >= 4 is 28.5 Å². The lowest BCUT2D eigenvalue weighted by molar-refractivity contribution is -0.117. The summed E-state index contributed by atoms with van der Waals surface area (Å²) in [5.74, 6) is -0.724. The molecule has 0 spiro atoms. The number of anilines is 1. The monoisotopic (exact) mass is 394 g/mol. The van der Waals surface area contributed by atoms with Crippen LogP contribution in [0.25, 0.3) is 11.0 Å². The maximum Gasteiger partial charge on any atom is 0.293 e. The van der Waals surface area contributed by atoms with Gasteiger partial charge in [0.05, 0.1) is 12.1 Å². The second-order valence-electron chi connectivity index (χ2n) is 6.75. The highest BCUT2D eigenvalue weighted by Gasteiger charge is 2.25. The Labute approximate surface area is 166 Å². The summed E-state index contributed by atoms with van der Waals surface area (Å²) in [7, 11) is 0. The van der Waals surface area contributed by atoms with Crippen molar-refractivity contribution in [1.82, 2.24) is 25.0 Å². The fourth-order valence-electron chi connectivity index (χ4n) is 3.16. The van der Waals surface area contributed by atoms with Crippen LogP contribution in [0.3, 0.4) is 0 Å². The number of nitrogens with zero attached hydrogens (tertiary/aromatic N) is 5. The molecule has 0 bridgehead atoms. The van der Waals surface area contributed by atoms with Crippen LogP contribution in [-0.4, -0.2) is 69.5 Å². The Morgan fingerprint density at radius 1 is 0.931 bits per heavy atom. The number of benzene rings is 2. The summed E-state index contributed by atoms with van der Waals surface area (Å²) >= 11 is 0. The highest BCUT2D eigenvalue weighted by molar-refractivity contribution is 5.93. The van der Waals surface area contributed by atoms with Gasteiger partial charge >= 0.3 is 0 Å². The van der Waals surface area contributed by atoms with Gasteiger partial charge in [-0.05, 0) is 36.4 Å². The van der Waals surface area contributed by atoms with E-state index in [1.807, 2.05) is 17.0 Å². The lowest BCUT2D eigenvalue weighted by atomic mass is 10.2. The third-order valence-electron chi connectivity index (χ3n) is 4.71. The number of halogens is 1. The van der Waals surface area contributed by atoms with E-state index >= 15 is 0 Å². The van der Waals surface area contributed by atoms with Crippen LogP contribution >= 0.6 is 0 Å². The van der Waals surface area contributed by atoms with E-state index in [4.69, 9.17) is 0 Å². The highest BCUT2D eigenvalue weighted by Crippen LogP contribution is 2.11. The first-order valence-electron chi connectivity index (χ1n) is 9.25. The molecule has 9 heteroatoms. The number of rotatable bonds is 4. The van der Waals surface area contributed by atoms with Gasteiger partial charge in [-0.15, -0.1) is 10.2 Å². The molecule has 1 aliphatic rings. The van der Waals surface area contributed by atoms with E-state index in [1.54, 1.807) is 17.0 Å². The van der Waals surface area contributed by atoms with Gasteiger partial charge in [-0.2, -0.15) is 0 Å². The zero-order valence-electron chi connectivity index (χ0n) is 15.6. The summed E-state index contributed by atoms with van der Waals surface area (Å²) in [6, 6.07) is 12.9. The molecule has 0 radical (unpaired) electrons. The Morgan fingerprint density at radius 3 is 2.34 bits per heavy atom. The lowest BCUT2D eigenvalue weighted by Gasteiger charge is -2.33. The van der Waals surface area contributed by atoms with Gasteiger partial charge in [-0.25, -0.2) is 9.37 Å². The highest BCUT2D eigenvalue weighted by atomic mass is 19.1. The van der Waals surface area contributed by atoms with Crippen LogP contribution in [0.4, 0.5) is 10.1 Å². The first kappa shape index (κ1) is 18.9. The van der Waals surface area contributed by atoms with Gasteiger partial charge in [-0.3, -0.25) is 14.5 Å². The van der Waals surface area contributed by atoms with E-state index in [0.717, 1.165) is 0 Å². The summed E-state index contributed by atoms with van der Waals surface area (Å²) in [5.41, 5.74) is 1.81. The largest absolute Gasteiger partial charge is 0.333 e. The molecule has 1 N–H and O–H groups in total. The molecule has 148 valence electrons. The molecular formula is C20H19FN6O2.